The van der Waals surface area contributed by atoms with E-state index in [1.807, 2.05) is 0 Å². The minimum Gasteiger partial charge on any atom is -0.422 e. The largest absolute Gasteiger partial charge is 0.422 e. The topological polar surface area (TPSA) is 52.6 Å². The second-order valence-corrected chi connectivity index (χ2v) is 5.48. The molecule has 0 radical (unpaired) electrons. The van der Waals surface area contributed by atoms with E-state index in [1.165, 1.54) is 0 Å². The van der Waals surface area contributed by atoms with Gasteiger partial charge in [0.05, 0.1) is 0 Å². The Morgan fingerprint density at radius 2 is 1.39 bits per heavy atom. The van der Waals surface area contributed by atoms with Gasteiger partial charge in [0.15, 0.2) is 5.41 Å². The van der Waals surface area contributed by atoms with Gasteiger partial charge in [-0.05, 0) is 25.7 Å². The molecule has 102 valence electrons. The molecular formula is C14H22O4. The van der Waals surface area contributed by atoms with Crippen LogP contribution in [0, 0.1) is 5.41 Å². The van der Waals surface area contributed by atoms with E-state index in [4.69, 9.17) is 9.47 Å². The lowest BCUT2D eigenvalue weighted by Crippen LogP contribution is -2.51. The number of ether oxygens (including phenoxy) is 2. The first-order valence-electron chi connectivity index (χ1n) is 7.05. The molecule has 4 heteroatoms. The van der Waals surface area contributed by atoms with E-state index in [2.05, 4.69) is 13.8 Å². The number of carbonyl (C=O) groups is 2. The number of unbranched alkanes of at least 4 members (excludes halogenated alkanes) is 2. The summed E-state index contributed by atoms with van der Waals surface area (Å²) in [6.45, 7) is 4.14. The average molecular weight is 254 g/mol. The highest BCUT2D eigenvalue weighted by Gasteiger charge is 2.65. The molecule has 4 nitrogen and oxygen atoms in total. The third kappa shape index (κ3) is 2.25. The monoisotopic (exact) mass is 254 g/mol. The molecule has 1 saturated heterocycles. The van der Waals surface area contributed by atoms with Crippen LogP contribution in [0.25, 0.3) is 0 Å². The van der Waals surface area contributed by atoms with Gasteiger partial charge < -0.3 is 9.47 Å². The molecule has 0 aromatic rings. The molecule has 0 unspecified atom stereocenters. The van der Waals surface area contributed by atoms with E-state index in [0.29, 0.717) is 25.7 Å². The predicted octanol–water partition coefficient (Wildman–Crippen LogP) is 2.94. The summed E-state index contributed by atoms with van der Waals surface area (Å²) in [4.78, 5) is 24.0. The van der Waals surface area contributed by atoms with E-state index in [0.717, 1.165) is 25.7 Å². The maximum Gasteiger partial charge on any atom is 0.326 e. The summed E-state index contributed by atoms with van der Waals surface area (Å²) in [7, 11) is 0. The lowest BCUT2D eigenvalue weighted by Gasteiger charge is -2.38. The van der Waals surface area contributed by atoms with Gasteiger partial charge in [-0.1, -0.05) is 26.7 Å². The van der Waals surface area contributed by atoms with Gasteiger partial charge in [0.25, 0.3) is 5.79 Å². The smallest absolute Gasteiger partial charge is 0.326 e. The lowest BCUT2D eigenvalue weighted by atomic mass is 9.98. The van der Waals surface area contributed by atoms with Gasteiger partial charge in [-0.15, -0.1) is 0 Å². The molecule has 0 N–H and O–H groups in total. The Kier molecular flexibility index (Phi) is 3.64. The van der Waals surface area contributed by atoms with Crippen LogP contribution in [0.4, 0.5) is 0 Å². The molecule has 2 rings (SSSR count). The molecule has 1 aliphatic heterocycles. The highest BCUT2D eigenvalue weighted by atomic mass is 16.7. The van der Waals surface area contributed by atoms with Crippen molar-refractivity contribution in [2.45, 2.75) is 71.0 Å². The van der Waals surface area contributed by atoms with Crippen molar-refractivity contribution >= 4 is 11.9 Å². The summed E-state index contributed by atoms with van der Waals surface area (Å²) in [6, 6.07) is 0. The van der Waals surface area contributed by atoms with Crippen molar-refractivity contribution in [3.63, 3.8) is 0 Å². The molecule has 0 amide bonds. The highest BCUT2D eigenvalue weighted by Crippen LogP contribution is 2.53. The van der Waals surface area contributed by atoms with Gasteiger partial charge in [0, 0.05) is 12.8 Å². The molecule has 1 heterocycles. The average Bonchev–Trinajstić information content (AvgIpc) is 3.13. The molecule has 0 bridgehead atoms. The molecule has 0 atom stereocenters. The van der Waals surface area contributed by atoms with Crippen LogP contribution < -0.4 is 0 Å². The van der Waals surface area contributed by atoms with Crippen molar-refractivity contribution in [1.82, 2.24) is 0 Å². The van der Waals surface area contributed by atoms with Crippen LogP contribution in [0.5, 0.6) is 0 Å². The van der Waals surface area contributed by atoms with Gasteiger partial charge >= 0.3 is 11.9 Å². The van der Waals surface area contributed by atoms with Crippen LogP contribution in [0.15, 0.2) is 0 Å². The van der Waals surface area contributed by atoms with Crippen molar-refractivity contribution in [2.75, 3.05) is 0 Å². The highest BCUT2D eigenvalue weighted by molar-refractivity contribution is 6.04. The van der Waals surface area contributed by atoms with Crippen LogP contribution in [-0.2, 0) is 19.1 Å². The molecule has 0 aromatic carbocycles. The van der Waals surface area contributed by atoms with E-state index in [9.17, 15) is 9.59 Å². The number of esters is 2. The van der Waals surface area contributed by atoms with E-state index < -0.39 is 11.2 Å². The summed E-state index contributed by atoms with van der Waals surface area (Å²) in [5.41, 5.74) is -0.929. The van der Waals surface area contributed by atoms with Gasteiger partial charge in [-0.2, -0.15) is 0 Å². The third-order valence-corrected chi connectivity index (χ3v) is 3.91. The number of hydrogen-bond acceptors (Lipinski definition) is 4. The van der Waals surface area contributed by atoms with Gasteiger partial charge in [0.2, 0.25) is 0 Å². The molecule has 1 spiro atoms. The van der Waals surface area contributed by atoms with Crippen molar-refractivity contribution in [2.24, 2.45) is 5.41 Å². The maximum atomic E-state index is 12.0. The molecule has 18 heavy (non-hydrogen) atoms. The standard InChI is InChI=1S/C14H22O4/c1-3-5-7-14(8-6-4-2)17-11(15)13(9-10-13)12(16)18-14/h3-10H2,1-2H3. The van der Waals surface area contributed by atoms with E-state index >= 15 is 0 Å². The normalized spacial score (nSPS) is 23.7. The summed E-state index contributed by atoms with van der Waals surface area (Å²) >= 11 is 0. The summed E-state index contributed by atoms with van der Waals surface area (Å²) in [5, 5.41) is 0. The Bertz CT molecular complexity index is 314. The Morgan fingerprint density at radius 3 is 1.72 bits per heavy atom. The zero-order valence-electron chi connectivity index (χ0n) is 11.3. The fourth-order valence-corrected chi connectivity index (χ4v) is 2.39. The van der Waals surface area contributed by atoms with Crippen molar-refractivity contribution in [3.8, 4) is 0 Å². The molecule has 1 aliphatic carbocycles. The molecule has 1 saturated carbocycles. The number of rotatable bonds is 6. The Balaban J connectivity index is 2.09. The lowest BCUT2D eigenvalue weighted by molar-refractivity contribution is -0.259. The third-order valence-electron chi connectivity index (χ3n) is 3.91. The molecule has 0 aromatic heterocycles. The minimum atomic E-state index is -0.978. The Morgan fingerprint density at radius 1 is 0.944 bits per heavy atom. The quantitative estimate of drug-likeness (QED) is 0.540. The van der Waals surface area contributed by atoms with Crippen LogP contribution in [-0.4, -0.2) is 17.7 Å². The van der Waals surface area contributed by atoms with Gasteiger partial charge in [-0.3, -0.25) is 9.59 Å². The first-order valence-corrected chi connectivity index (χ1v) is 7.05. The van der Waals surface area contributed by atoms with Crippen LogP contribution in [0.1, 0.15) is 65.2 Å². The van der Waals surface area contributed by atoms with Crippen molar-refractivity contribution in [3.05, 3.63) is 0 Å². The Hall–Kier alpha value is -1.06. The van der Waals surface area contributed by atoms with Gasteiger partial charge in [-0.25, -0.2) is 0 Å². The van der Waals surface area contributed by atoms with E-state index in [1.54, 1.807) is 0 Å². The zero-order valence-corrected chi connectivity index (χ0v) is 11.3. The first-order chi connectivity index (χ1) is 8.58. The van der Waals surface area contributed by atoms with Crippen LogP contribution in [0.3, 0.4) is 0 Å². The SMILES string of the molecule is CCCCC1(CCCC)OC(=O)C2(CC2)C(=O)O1. The Labute approximate surface area is 108 Å². The molecule has 2 fully saturated rings. The fraction of sp³-hybridized carbons (Fsp3) is 0.857. The van der Waals surface area contributed by atoms with Crippen LogP contribution >= 0.6 is 0 Å². The van der Waals surface area contributed by atoms with Crippen molar-refractivity contribution < 1.29 is 19.1 Å². The zero-order chi connectivity index (χ0) is 13.2. The second-order valence-electron chi connectivity index (χ2n) is 5.48. The summed E-state index contributed by atoms with van der Waals surface area (Å²) in [5.74, 6) is -1.69. The maximum absolute atomic E-state index is 12.0. The number of cyclic esters (lactones) is 2. The summed E-state index contributed by atoms with van der Waals surface area (Å²) < 4.78 is 11.1. The van der Waals surface area contributed by atoms with E-state index in [-0.39, 0.29) is 11.9 Å². The van der Waals surface area contributed by atoms with Crippen molar-refractivity contribution in [1.29, 1.82) is 0 Å². The van der Waals surface area contributed by atoms with Crippen LogP contribution in [0.2, 0.25) is 0 Å². The second kappa shape index (κ2) is 4.90. The summed E-state index contributed by atoms with van der Waals surface area (Å²) in [6.07, 6.45) is 6.20. The number of carbonyl (C=O) groups excluding carboxylic acids is 2. The number of hydrogen-bond donors (Lipinski definition) is 0. The minimum absolute atomic E-state index is 0.356. The first kappa shape index (κ1) is 13.4. The predicted molar refractivity (Wildman–Crippen MR) is 65.6 cm³/mol. The molecular weight excluding hydrogens is 232 g/mol. The molecule has 2 aliphatic rings. The van der Waals surface area contributed by atoms with Gasteiger partial charge in [0.1, 0.15) is 0 Å². The fourth-order valence-electron chi connectivity index (χ4n) is 2.39.